The van der Waals surface area contributed by atoms with Crippen LogP contribution in [0, 0.1) is 6.92 Å². The number of rotatable bonds is 4. The van der Waals surface area contributed by atoms with E-state index < -0.39 is 0 Å². The van der Waals surface area contributed by atoms with Crippen LogP contribution < -0.4 is 10.9 Å². The van der Waals surface area contributed by atoms with Crippen molar-refractivity contribution in [2.75, 3.05) is 0 Å². The third kappa shape index (κ3) is 2.96. The Labute approximate surface area is 129 Å². The second kappa shape index (κ2) is 5.79. The first kappa shape index (κ1) is 14.6. The fourth-order valence-electron chi connectivity index (χ4n) is 2.54. The lowest BCUT2D eigenvalue weighted by atomic mass is 10.1. The summed E-state index contributed by atoms with van der Waals surface area (Å²) in [6, 6.07) is 11.4. The molecule has 0 bridgehead atoms. The zero-order valence-corrected chi connectivity index (χ0v) is 12.9. The van der Waals surface area contributed by atoms with E-state index in [9.17, 15) is 9.59 Å². The van der Waals surface area contributed by atoms with E-state index in [-0.39, 0.29) is 18.0 Å². The Hall–Kier alpha value is -2.36. The molecule has 1 N–H and O–H groups in total. The molecule has 0 aliphatic heterocycles. The summed E-state index contributed by atoms with van der Waals surface area (Å²) in [5, 5.41) is 2.84. The van der Waals surface area contributed by atoms with Crippen LogP contribution in [0.4, 0.5) is 0 Å². The number of pyridine rings is 1. The molecule has 0 saturated heterocycles. The van der Waals surface area contributed by atoms with Crippen molar-refractivity contribution in [2.24, 2.45) is 7.05 Å². The molecule has 1 saturated carbocycles. The third-order valence-corrected chi connectivity index (χ3v) is 4.27. The van der Waals surface area contributed by atoms with Gasteiger partial charge in [-0.05, 0) is 49.4 Å². The van der Waals surface area contributed by atoms with Gasteiger partial charge in [0.05, 0.1) is 0 Å². The summed E-state index contributed by atoms with van der Waals surface area (Å²) in [6.07, 6.45) is 2.43. The van der Waals surface area contributed by atoms with Crippen LogP contribution in [-0.2, 0) is 13.6 Å². The lowest BCUT2D eigenvalue weighted by Crippen LogP contribution is -2.29. The average Bonchev–Trinajstić information content (AvgIpc) is 3.37. The van der Waals surface area contributed by atoms with Gasteiger partial charge in [0, 0.05) is 30.4 Å². The molecule has 0 radical (unpaired) electrons. The predicted molar refractivity (Wildman–Crippen MR) is 86.0 cm³/mol. The molecule has 0 spiro atoms. The largest absolute Gasteiger partial charge is 0.348 e. The molecular weight excluding hydrogens is 276 g/mol. The Balaban J connectivity index is 1.71. The molecule has 1 aliphatic rings. The van der Waals surface area contributed by atoms with E-state index in [1.165, 1.54) is 18.4 Å². The van der Waals surface area contributed by atoms with Gasteiger partial charge in [-0.25, -0.2) is 0 Å². The highest BCUT2D eigenvalue weighted by atomic mass is 16.2. The smallest absolute Gasteiger partial charge is 0.255 e. The van der Waals surface area contributed by atoms with Crippen LogP contribution in [0.3, 0.4) is 0 Å². The van der Waals surface area contributed by atoms with Crippen LogP contribution >= 0.6 is 0 Å². The molecule has 0 unspecified atom stereocenters. The van der Waals surface area contributed by atoms with Crippen LogP contribution in [0.25, 0.3) is 0 Å². The van der Waals surface area contributed by atoms with Gasteiger partial charge in [-0.2, -0.15) is 0 Å². The Morgan fingerprint density at radius 1 is 1.27 bits per heavy atom. The molecule has 1 fully saturated rings. The summed E-state index contributed by atoms with van der Waals surface area (Å²) >= 11 is 0. The number of hydrogen-bond acceptors (Lipinski definition) is 2. The van der Waals surface area contributed by atoms with Gasteiger partial charge >= 0.3 is 0 Å². The lowest BCUT2D eigenvalue weighted by Gasteiger charge is -2.09. The van der Waals surface area contributed by atoms with E-state index in [0.717, 1.165) is 5.69 Å². The molecule has 1 aromatic carbocycles. The number of amides is 1. The normalized spacial score (nSPS) is 13.9. The minimum absolute atomic E-state index is 0.0629. The maximum absolute atomic E-state index is 12.3. The number of carbonyl (C=O) groups excluding carboxylic acids is 1. The summed E-state index contributed by atoms with van der Waals surface area (Å²) in [5.74, 6) is 0.488. The van der Waals surface area contributed by atoms with Crippen molar-refractivity contribution in [1.29, 1.82) is 0 Å². The van der Waals surface area contributed by atoms with Gasteiger partial charge in [-0.15, -0.1) is 0 Å². The molecule has 114 valence electrons. The van der Waals surface area contributed by atoms with Crippen molar-refractivity contribution < 1.29 is 4.79 Å². The summed E-state index contributed by atoms with van der Waals surface area (Å²) in [5.41, 5.74) is 3.33. The molecule has 2 aromatic rings. The summed E-state index contributed by atoms with van der Waals surface area (Å²) in [4.78, 5) is 24.4. The minimum atomic E-state index is -0.134. The van der Waals surface area contributed by atoms with E-state index in [1.807, 2.05) is 31.2 Å². The van der Waals surface area contributed by atoms with Gasteiger partial charge in [-0.3, -0.25) is 9.59 Å². The molecule has 22 heavy (non-hydrogen) atoms. The predicted octanol–water partition coefficient (Wildman–Crippen LogP) is 2.50. The molecular formula is C18H20N2O2. The van der Waals surface area contributed by atoms with Crippen LogP contribution in [0.2, 0.25) is 0 Å². The fourth-order valence-corrected chi connectivity index (χ4v) is 2.54. The first-order valence-electron chi connectivity index (χ1n) is 7.60. The standard InChI is InChI=1S/C18H20N2O2/c1-12-6-7-16(18(22)20(12)2)11-19-17(21)15-5-3-4-14(10-15)13-8-9-13/h3-7,10,13H,8-9,11H2,1-2H3,(H,19,21). The van der Waals surface area contributed by atoms with Crippen molar-refractivity contribution in [3.63, 3.8) is 0 Å². The number of hydrogen-bond donors (Lipinski definition) is 1. The van der Waals surface area contributed by atoms with Crippen molar-refractivity contribution in [2.45, 2.75) is 32.2 Å². The molecule has 1 amide bonds. The van der Waals surface area contributed by atoms with Gasteiger partial charge < -0.3 is 9.88 Å². The second-order valence-electron chi connectivity index (χ2n) is 5.95. The third-order valence-electron chi connectivity index (χ3n) is 4.27. The van der Waals surface area contributed by atoms with Crippen molar-refractivity contribution in [3.05, 3.63) is 69.1 Å². The van der Waals surface area contributed by atoms with Gasteiger partial charge in [-0.1, -0.05) is 18.2 Å². The number of aromatic nitrogens is 1. The lowest BCUT2D eigenvalue weighted by molar-refractivity contribution is 0.0950. The highest BCUT2D eigenvalue weighted by Gasteiger charge is 2.23. The first-order chi connectivity index (χ1) is 10.6. The Kier molecular flexibility index (Phi) is 3.84. The van der Waals surface area contributed by atoms with Crippen LogP contribution in [-0.4, -0.2) is 10.5 Å². The Bertz CT molecular complexity index is 773. The Morgan fingerprint density at radius 2 is 2.05 bits per heavy atom. The number of aryl methyl sites for hydroxylation is 1. The highest BCUT2D eigenvalue weighted by Crippen LogP contribution is 2.40. The van der Waals surface area contributed by atoms with Gasteiger partial charge in [0.15, 0.2) is 0 Å². The van der Waals surface area contributed by atoms with Crippen molar-refractivity contribution in [3.8, 4) is 0 Å². The molecule has 3 rings (SSSR count). The van der Waals surface area contributed by atoms with E-state index in [4.69, 9.17) is 0 Å². The molecule has 4 heteroatoms. The summed E-state index contributed by atoms with van der Waals surface area (Å²) in [7, 11) is 1.74. The molecule has 1 aromatic heterocycles. The monoisotopic (exact) mass is 296 g/mol. The summed E-state index contributed by atoms with van der Waals surface area (Å²) < 4.78 is 1.59. The quantitative estimate of drug-likeness (QED) is 0.942. The number of carbonyl (C=O) groups is 1. The van der Waals surface area contributed by atoms with E-state index in [2.05, 4.69) is 11.4 Å². The molecule has 1 heterocycles. The number of nitrogens with one attached hydrogen (secondary N) is 1. The summed E-state index contributed by atoms with van der Waals surface area (Å²) in [6.45, 7) is 2.13. The Morgan fingerprint density at radius 3 is 2.77 bits per heavy atom. The highest BCUT2D eigenvalue weighted by molar-refractivity contribution is 5.94. The topological polar surface area (TPSA) is 51.1 Å². The van der Waals surface area contributed by atoms with Gasteiger partial charge in [0.25, 0.3) is 11.5 Å². The zero-order valence-electron chi connectivity index (χ0n) is 12.9. The number of nitrogens with zero attached hydrogens (tertiary/aromatic N) is 1. The fraction of sp³-hybridized carbons (Fsp3) is 0.333. The van der Waals surface area contributed by atoms with Gasteiger partial charge in [0.1, 0.15) is 0 Å². The average molecular weight is 296 g/mol. The maximum Gasteiger partial charge on any atom is 0.255 e. The number of benzene rings is 1. The minimum Gasteiger partial charge on any atom is -0.348 e. The van der Waals surface area contributed by atoms with Crippen molar-refractivity contribution in [1.82, 2.24) is 9.88 Å². The molecule has 1 aliphatic carbocycles. The maximum atomic E-state index is 12.3. The zero-order chi connectivity index (χ0) is 15.7. The SMILES string of the molecule is Cc1ccc(CNC(=O)c2cccc(C3CC3)c2)c(=O)n1C. The first-order valence-corrected chi connectivity index (χ1v) is 7.60. The van der Waals surface area contributed by atoms with E-state index in [0.29, 0.717) is 17.0 Å². The van der Waals surface area contributed by atoms with E-state index in [1.54, 1.807) is 17.7 Å². The molecule has 4 nitrogen and oxygen atoms in total. The second-order valence-corrected chi connectivity index (χ2v) is 5.95. The van der Waals surface area contributed by atoms with Gasteiger partial charge in [0.2, 0.25) is 0 Å². The van der Waals surface area contributed by atoms with Crippen LogP contribution in [0.5, 0.6) is 0 Å². The van der Waals surface area contributed by atoms with E-state index >= 15 is 0 Å². The van der Waals surface area contributed by atoms with Crippen molar-refractivity contribution >= 4 is 5.91 Å². The molecule has 0 atom stereocenters. The van der Waals surface area contributed by atoms with Crippen LogP contribution in [0.1, 0.15) is 45.9 Å². The van der Waals surface area contributed by atoms with Crippen LogP contribution in [0.15, 0.2) is 41.2 Å².